The molecule has 0 bridgehead atoms. The topological polar surface area (TPSA) is 110 Å². The lowest BCUT2D eigenvalue weighted by Gasteiger charge is -2.21. The molecule has 1 amide bonds. The number of nitrogens with one attached hydrogen (secondary N) is 1. The maximum atomic E-state index is 12.3. The van der Waals surface area contributed by atoms with E-state index in [0.717, 1.165) is 18.8 Å². The number of hydrazone groups is 1. The summed E-state index contributed by atoms with van der Waals surface area (Å²) in [6.45, 7) is 5.92. The average molecular weight is 410 g/mol. The highest BCUT2D eigenvalue weighted by Gasteiger charge is 2.15. The molecule has 1 aromatic heterocycles. The Morgan fingerprint density at radius 3 is 2.67 bits per heavy atom. The molecular weight excluding hydrogens is 388 g/mol. The maximum absolute atomic E-state index is 12.3. The van der Waals surface area contributed by atoms with Crippen molar-refractivity contribution >= 4 is 34.5 Å². The Morgan fingerprint density at radius 1 is 1.23 bits per heavy atom. The van der Waals surface area contributed by atoms with Crippen LogP contribution in [0.25, 0.3) is 11.0 Å². The lowest BCUT2D eigenvalue weighted by Crippen LogP contribution is -2.21. The summed E-state index contributed by atoms with van der Waals surface area (Å²) < 4.78 is 10.9. The molecule has 0 spiro atoms. The number of nitrogens with zero attached hydrogens (tertiary/aromatic N) is 3. The molecule has 0 fully saturated rings. The van der Waals surface area contributed by atoms with Gasteiger partial charge in [-0.15, -0.1) is 0 Å². The van der Waals surface area contributed by atoms with Crippen molar-refractivity contribution in [3.63, 3.8) is 0 Å². The first kappa shape index (κ1) is 20.8. The smallest absolute Gasteiger partial charge is 0.307 e. The Hall–Kier alpha value is -3.88. The third-order valence-corrected chi connectivity index (χ3v) is 4.65. The van der Waals surface area contributed by atoms with Gasteiger partial charge in [-0.3, -0.25) is 14.9 Å². The molecular formula is C21H22N4O5. The molecule has 9 heteroatoms. The third kappa shape index (κ3) is 4.40. The molecule has 0 aliphatic carbocycles. The average Bonchev–Trinajstić information content (AvgIpc) is 3.18. The van der Waals surface area contributed by atoms with Gasteiger partial charge in [0.05, 0.1) is 18.2 Å². The number of rotatable bonds is 8. The molecule has 2 aromatic carbocycles. The zero-order valence-electron chi connectivity index (χ0n) is 16.9. The number of nitro benzene ring substituents is 1. The molecule has 0 unspecified atom stereocenters. The largest absolute Gasteiger partial charge is 0.496 e. The van der Waals surface area contributed by atoms with Crippen molar-refractivity contribution < 1.29 is 18.9 Å². The Labute approximate surface area is 173 Å². The summed E-state index contributed by atoms with van der Waals surface area (Å²) in [4.78, 5) is 24.9. The van der Waals surface area contributed by atoms with Gasteiger partial charge in [-0.1, -0.05) is 0 Å². The minimum Gasteiger partial charge on any atom is -0.496 e. The summed E-state index contributed by atoms with van der Waals surface area (Å²) in [5.74, 6) is 0.0729. The van der Waals surface area contributed by atoms with Gasteiger partial charge in [0, 0.05) is 47.9 Å². The lowest BCUT2D eigenvalue weighted by atomic mass is 10.2. The van der Waals surface area contributed by atoms with Crippen molar-refractivity contribution in [2.75, 3.05) is 25.1 Å². The second-order valence-electron chi connectivity index (χ2n) is 6.39. The van der Waals surface area contributed by atoms with Gasteiger partial charge in [-0.05, 0) is 38.1 Å². The summed E-state index contributed by atoms with van der Waals surface area (Å²) in [7, 11) is 1.57. The Morgan fingerprint density at radius 2 is 2.00 bits per heavy atom. The second kappa shape index (κ2) is 9.08. The number of carbonyl (C=O) groups is 1. The molecule has 3 rings (SSSR count). The molecule has 156 valence electrons. The van der Waals surface area contributed by atoms with Crippen molar-refractivity contribution in [1.82, 2.24) is 5.43 Å². The van der Waals surface area contributed by atoms with Crippen LogP contribution in [-0.4, -0.2) is 37.2 Å². The van der Waals surface area contributed by atoms with Crippen molar-refractivity contribution in [3.05, 3.63) is 63.9 Å². The van der Waals surface area contributed by atoms with Gasteiger partial charge in [0.1, 0.15) is 11.3 Å². The molecule has 9 nitrogen and oxygen atoms in total. The van der Waals surface area contributed by atoms with E-state index in [-0.39, 0.29) is 11.4 Å². The van der Waals surface area contributed by atoms with E-state index in [0.29, 0.717) is 22.3 Å². The fourth-order valence-corrected chi connectivity index (χ4v) is 3.06. The normalized spacial score (nSPS) is 11.0. The van der Waals surface area contributed by atoms with E-state index in [4.69, 9.17) is 9.15 Å². The number of hydrogen-bond donors (Lipinski definition) is 1. The van der Waals surface area contributed by atoms with Gasteiger partial charge in [0.15, 0.2) is 5.76 Å². The first-order valence-corrected chi connectivity index (χ1v) is 9.41. The van der Waals surface area contributed by atoms with Crippen LogP contribution in [0.1, 0.15) is 30.0 Å². The zero-order valence-corrected chi connectivity index (χ0v) is 16.9. The van der Waals surface area contributed by atoms with E-state index in [1.54, 1.807) is 7.11 Å². The number of hydrogen-bond acceptors (Lipinski definition) is 7. The molecule has 0 aliphatic heterocycles. The molecule has 30 heavy (non-hydrogen) atoms. The zero-order chi connectivity index (χ0) is 21.7. The van der Waals surface area contributed by atoms with Gasteiger partial charge in [-0.2, -0.15) is 5.10 Å². The summed E-state index contributed by atoms with van der Waals surface area (Å²) in [6, 6.07) is 11.3. The number of nitro groups is 1. The van der Waals surface area contributed by atoms with E-state index in [1.807, 2.05) is 18.2 Å². The molecule has 0 aliphatic rings. The van der Waals surface area contributed by atoms with E-state index < -0.39 is 10.8 Å². The highest BCUT2D eigenvalue weighted by Crippen LogP contribution is 2.25. The van der Waals surface area contributed by atoms with Crippen LogP contribution in [0.15, 0.2) is 52.0 Å². The number of amides is 1. The van der Waals surface area contributed by atoms with Gasteiger partial charge >= 0.3 is 5.91 Å². The van der Waals surface area contributed by atoms with Crippen LogP contribution < -0.4 is 15.1 Å². The minimum atomic E-state index is -0.566. The fourth-order valence-electron chi connectivity index (χ4n) is 3.06. The summed E-state index contributed by atoms with van der Waals surface area (Å²) in [5, 5.41) is 15.3. The van der Waals surface area contributed by atoms with Gasteiger partial charge in [0.2, 0.25) is 0 Å². The number of carbonyl (C=O) groups excluding carboxylic acids is 1. The summed E-state index contributed by atoms with van der Waals surface area (Å²) >= 11 is 0. The van der Waals surface area contributed by atoms with Crippen molar-refractivity contribution in [1.29, 1.82) is 0 Å². The van der Waals surface area contributed by atoms with E-state index in [2.05, 4.69) is 29.3 Å². The fraction of sp³-hybridized carbons (Fsp3) is 0.238. The van der Waals surface area contributed by atoms with Crippen LogP contribution in [0.5, 0.6) is 5.75 Å². The van der Waals surface area contributed by atoms with Gasteiger partial charge < -0.3 is 14.1 Å². The molecule has 0 saturated heterocycles. The quantitative estimate of drug-likeness (QED) is 0.342. The standard InChI is InChI=1S/C21H22N4O5/c1-4-24(5-2)16-7-6-14(19(12-16)29-3)13-22-23-21(26)20-11-15-10-17(25(27)28)8-9-18(15)30-20/h6-13H,4-5H2,1-3H3,(H,23,26)/b22-13-. The SMILES string of the molecule is CCN(CC)c1ccc(/C=N\NC(=O)c2cc3cc([N+](=O)[O-])ccc3o2)c(OC)c1. The Kier molecular flexibility index (Phi) is 6.31. The van der Waals surface area contributed by atoms with Crippen LogP contribution >= 0.6 is 0 Å². The number of benzene rings is 2. The van der Waals surface area contributed by atoms with Crippen molar-refractivity contribution in [2.45, 2.75) is 13.8 Å². The molecule has 1 N–H and O–H groups in total. The first-order chi connectivity index (χ1) is 14.5. The van der Waals surface area contributed by atoms with Gasteiger partial charge in [0.25, 0.3) is 5.69 Å². The number of methoxy groups -OCH3 is 1. The number of fused-ring (bicyclic) bond motifs is 1. The number of furan rings is 1. The molecule has 0 saturated carbocycles. The Balaban J connectivity index is 1.74. The van der Waals surface area contributed by atoms with Crippen LogP contribution in [0, 0.1) is 10.1 Å². The Bertz CT molecular complexity index is 1100. The van der Waals surface area contributed by atoms with Crippen LogP contribution in [0.4, 0.5) is 11.4 Å². The van der Waals surface area contributed by atoms with Crippen LogP contribution in [0.2, 0.25) is 0 Å². The first-order valence-electron chi connectivity index (χ1n) is 9.41. The maximum Gasteiger partial charge on any atom is 0.307 e. The second-order valence-corrected chi connectivity index (χ2v) is 6.39. The molecule has 1 heterocycles. The molecule has 3 aromatic rings. The highest BCUT2D eigenvalue weighted by molar-refractivity contribution is 5.97. The highest BCUT2D eigenvalue weighted by atomic mass is 16.6. The van der Waals surface area contributed by atoms with Crippen molar-refractivity contribution in [3.8, 4) is 5.75 Å². The summed E-state index contributed by atoms with van der Waals surface area (Å²) in [5.41, 5.74) is 4.44. The van der Waals surface area contributed by atoms with Crippen LogP contribution in [0.3, 0.4) is 0 Å². The van der Waals surface area contributed by atoms with E-state index in [9.17, 15) is 14.9 Å². The molecule has 0 atom stereocenters. The predicted octanol–water partition coefficient (Wildman–Crippen LogP) is 3.96. The van der Waals surface area contributed by atoms with Crippen molar-refractivity contribution in [2.24, 2.45) is 5.10 Å². The van der Waals surface area contributed by atoms with Gasteiger partial charge in [-0.25, -0.2) is 5.43 Å². The lowest BCUT2D eigenvalue weighted by molar-refractivity contribution is -0.384. The van der Waals surface area contributed by atoms with Crippen LogP contribution in [-0.2, 0) is 0 Å². The monoisotopic (exact) mass is 410 g/mol. The number of anilines is 1. The third-order valence-electron chi connectivity index (χ3n) is 4.65. The number of ether oxygens (including phenoxy) is 1. The number of non-ortho nitro benzene ring substituents is 1. The van der Waals surface area contributed by atoms with E-state index >= 15 is 0 Å². The minimum absolute atomic E-state index is 0.00601. The summed E-state index contributed by atoms with van der Waals surface area (Å²) in [6.07, 6.45) is 1.48. The molecule has 0 radical (unpaired) electrons. The predicted molar refractivity (Wildman–Crippen MR) is 114 cm³/mol. The van der Waals surface area contributed by atoms with E-state index in [1.165, 1.54) is 30.5 Å².